The number of nitrogens with zero attached hydrogens (tertiary/aromatic N) is 1. The van der Waals surface area contributed by atoms with Crippen LogP contribution in [0.25, 0.3) is 0 Å². The molecule has 1 amide bonds. The van der Waals surface area contributed by atoms with E-state index in [1.807, 2.05) is 0 Å². The number of aliphatic hydroxyl groups is 1. The molecule has 0 radical (unpaired) electrons. The molecule has 1 aliphatic rings. The summed E-state index contributed by atoms with van der Waals surface area (Å²) in [7, 11) is 0. The fraction of sp³-hybridized carbons (Fsp3) is 0.364. The number of benzene rings is 2. The van der Waals surface area contributed by atoms with Crippen molar-refractivity contribution < 1.29 is 36.9 Å². The van der Waals surface area contributed by atoms with E-state index in [0.717, 1.165) is 18.2 Å². The Morgan fingerprint density at radius 3 is 2.52 bits per heavy atom. The third kappa shape index (κ3) is 6.30. The molecule has 0 fully saturated rings. The van der Waals surface area contributed by atoms with Crippen molar-refractivity contribution in [2.75, 3.05) is 0 Å². The van der Waals surface area contributed by atoms with Crippen LogP contribution in [0, 0.1) is 17.1 Å². The summed E-state index contributed by atoms with van der Waals surface area (Å²) in [5.74, 6) is -0.806. The molecule has 2 aromatic rings. The van der Waals surface area contributed by atoms with Crippen LogP contribution in [-0.4, -0.2) is 22.3 Å². The maximum absolute atomic E-state index is 13.8. The number of rotatable bonds is 4. The number of nitrogens with one attached hydrogen (secondary N) is 1. The number of fused-ring (bicyclic) bond motifs is 1. The van der Waals surface area contributed by atoms with E-state index >= 15 is 0 Å². The van der Waals surface area contributed by atoms with E-state index in [2.05, 4.69) is 5.32 Å². The molecule has 0 aliphatic heterocycles. The predicted molar refractivity (Wildman–Crippen MR) is 111 cm³/mol. The second-order valence-electron chi connectivity index (χ2n) is 8.28. The standard InChI is InChI=1S/C22H20F4N2O4S/c1-21(2,3)32-20(30)28-14-9-15(29)19-17(33-22(24,25)26)5-4-16(18(14)19)31-13-7-11(10-27)6-12(23)8-13/h4-8,14-15,29H,9H2,1-3H3,(H,28,30)/t14-,15?/m0/s1. The molecule has 176 valence electrons. The van der Waals surface area contributed by atoms with E-state index in [-0.39, 0.29) is 39.5 Å². The van der Waals surface area contributed by atoms with Crippen molar-refractivity contribution in [3.63, 3.8) is 0 Å². The Hall–Kier alpha value is -2.97. The van der Waals surface area contributed by atoms with Crippen molar-refractivity contribution in [1.29, 1.82) is 5.26 Å². The Morgan fingerprint density at radius 1 is 1.21 bits per heavy atom. The van der Waals surface area contributed by atoms with Gasteiger partial charge in [0.15, 0.2) is 0 Å². The number of alkyl carbamates (subject to hydrolysis) is 1. The highest BCUT2D eigenvalue weighted by Crippen LogP contribution is 2.51. The van der Waals surface area contributed by atoms with Gasteiger partial charge in [0.1, 0.15) is 22.9 Å². The molecule has 2 atom stereocenters. The SMILES string of the molecule is CC(C)(C)OC(=O)N[C@H]1CC(O)c2c(SC(F)(F)F)ccc(Oc3cc(F)cc(C#N)c3)c21. The summed E-state index contributed by atoms with van der Waals surface area (Å²) in [6.45, 7) is 4.94. The summed E-state index contributed by atoms with van der Waals surface area (Å²) in [4.78, 5) is 12.1. The number of alkyl halides is 3. The van der Waals surface area contributed by atoms with Gasteiger partial charge in [0.05, 0.1) is 23.8 Å². The fourth-order valence-corrected chi connectivity index (χ4v) is 4.20. The van der Waals surface area contributed by atoms with Gasteiger partial charge in [-0.2, -0.15) is 18.4 Å². The molecule has 33 heavy (non-hydrogen) atoms. The Labute approximate surface area is 191 Å². The molecule has 11 heteroatoms. The summed E-state index contributed by atoms with van der Waals surface area (Å²) < 4.78 is 64.0. The van der Waals surface area contributed by atoms with Gasteiger partial charge in [0.25, 0.3) is 0 Å². The minimum atomic E-state index is -4.61. The normalized spacial score (nSPS) is 17.8. The average molecular weight is 484 g/mol. The summed E-state index contributed by atoms with van der Waals surface area (Å²) in [6, 6.07) is 6.49. The Morgan fingerprint density at radius 2 is 1.91 bits per heavy atom. The zero-order valence-corrected chi connectivity index (χ0v) is 18.6. The lowest BCUT2D eigenvalue weighted by atomic mass is 10.1. The van der Waals surface area contributed by atoms with Crippen LogP contribution in [-0.2, 0) is 4.74 Å². The summed E-state index contributed by atoms with van der Waals surface area (Å²) >= 11 is -0.398. The van der Waals surface area contributed by atoms with Crippen molar-refractivity contribution in [2.45, 2.75) is 55.3 Å². The lowest BCUT2D eigenvalue weighted by Gasteiger charge is -2.23. The first-order valence-electron chi connectivity index (χ1n) is 9.74. The molecule has 0 spiro atoms. The molecular formula is C22H20F4N2O4S. The van der Waals surface area contributed by atoms with Gasteiger partial charge in [-0.15, -0.1) is 0 Å². The molecule has 2 aromatic carbocycles. The first-order chi connectivity index (χ1) is 15.3. The number of carbonyl (C=O) groups is 1. The highest BCUT2D eigenvalue weighted by Gasteiger charge is 2.40. The van der Waals surface area contributed by atoms with Crippen LogP contribution in [0.15, 0.2) is 35.2 Å². The minimum Gasteiger partial charge on any atom is -0.457 e. The van der Waals surface area contributed by atoms with Crippen molar-refractivity contribution >= 4 is 17.9 Å². The van der Waals surface area contributed by atoms with Crippen molar-refractivity contribution in [2.24, 2.45) is 0 Å². The van der Waals surface area contributed by atoms with E-state index in [0.29, 0.717) is 0 Å². The summed E-state index contributed by atoms with van der Waals surface area (Å²) in [5, 5.41) is 22.2. The molecule has 0 bridgehead atoms. The van der Waals surface area contributed by atoms with Crippen LogP contribution >= 0.6 is 11.8 Å². The van der Waals surface area contributed by atoms with E-state index in [4.69, 9.17) is 14.7 Å². The van der Waals surface area contributed by atoms with Gasteiger partial charge < -0.3 is 19.9 Å². The van der Waals surface area contributed by atoms with Gasteiger partial charge >= 0.3 is 11.6 Å². The Balaban J connectivity index is 2.05. The van der Waals surface area contributed by atoms with Crippen molar-refractivity contribution in [1.82, 2.24) is 5.32 Å². The molecule has 0 heterocycles. The average Bonchev–Trinajstić information content (AvgIpc) is 2.97. The van der Waals surface area contributed by atoms with Gasteiger partial charge in [0.2, 0.25) is 0 Å². The Bertz CT molecular complexity index is 1110. The first kappa shape index (κ1) is 24.7. The number of amides is 1. The summed E-state index contributed by atoms with van der Waals surface area (Å²) in [6.07, 6.45) is -2.27. The maximum atomic E-state index is 13.8. The highest BCUT2D eigenvalue weighted by molar-refractivity contribution is 8.00. The van der Waals surface area contributed by atoms with Crippen molar-refractivity contribution in [3.8, 4) is 17.6 Å². The number of hydrogen-bond donors (Lipinski definition) is 2. The van der Waals surface area contributed by atoms with E-state index in [1.165, 1.54) is 12.1 Å². The van der Waals surface area contributed by atoms with E-state index in [9.17, 15) is 27.5 Å². The third-order valence-corrected chi connectivity index (χ3v) is 5.30. The van der Waals surface area contributed by atoms with Crippen LogP contribution in [0.4, 0.5) is 22.4 Å². The predicted octanol–water partition coefficient (Wildman–Crippen LogP) is 6.10. The number of hydrogen-bond acceptors (Lipinski definition) is 6. The second-order valence-corrected chi connectivity index (χ2v) is 9.38. The zero-order chi connectivity index (χ0) is 24.6. The molecule has 0 aromatic heterocycles. The van der Waals surface area contributed by atoms with Crippen LogP contribution in [0.2, 0.25) is 0 Å². The molecule has 0 saturated heterocycles. The number of halogens is 4. The van der Waals surface area contributed by atoms with Gasteiger partial charge in [-0.25, -0.2) is 9.18 Å². The van der Waals surface area contributed by atoms with Gasteiger partial charge in [-0.05, 0) is 56.8 Å². The number of carbonyl (C=O) groups excluding carboxylic acids is 1. The lowest BCUT2D eigenvalue weighted by molar-refractivity contribution is -0.0328. The van der Waals surface area contributed by atoms with Gasteiger partial charge in [-0.1, -0.05) is 0 Å². The topological polar surface area (TPSA) is 91.6 Å². The highest BCUT2D eigenvalue weighted by atomic mass is 32.2. The number of nitriles is 1. The monoisotopic (exact) mass is 484 g/mol. The van der Waals surface area contributed by atoms with Gasteiger partial charge in [-0.3, -0.25) is 0 Å². The fourth-order valence-electron chi connectivity index (χ4n) is 3.46. The number of aliphatic hydroxyl groups excluding tert-OH is 1. The molecule has 6 nitrogen and oxygen atoms in total. The minimum absolute atomic E-state index is 0.00335. The molecule has 0 saturated carbocycles. The largest absolute Gasteiger partial charge is 0.457 e. The summed E-state index contributed by atoms with van der Waals surface area (Å²) in [5.41, 5.74) is -5.39. The maximum Gasteiger partial charge on any atom is 0.446 e. The number of thioether (sulfide) groups is 1. The number of ether oxygens (including phenoxy) is 2. The zero-order valence-electron chi connectivity index (χ0n) is 17.8. The smallest absolute Gasteiger partial charge is 0.446 e. The third-order valence-electron chi connectivity index (χ3n) is 4.49. The van der Waals surface area contributed by atoms with Crippen LogP contribution in [0.1, 0.15) is 56.0 Å². The lowest BCUT2D eigenvalue weighted by Crippen LogP contribution is -2.34. The molecule has 1 aliphatic carbocycles. The van der Waals surface area contributed by atoms with Crippen LogP contribution < -0.4 is 10.1 Å². The Kier molecular flexibility index (Phi) is 6.81. The first-order valence-corrected chi connectivity index (χ1v) is 10.6. The van der Waals surface area contributed by atoms with Crippen LogP contribution in [0.3, 0.4) is 0 Å². The molecule has 1 unspecified atom stereocenters. The van der Waals surface area contributed by atoms with Gasteiger partial charge in [0, 0.05) is 28.5 Å². The van der Waals surface area contributed by atoms with E-state index in [1.54, 1.807) is 26.8 Å². The van der Waals surface area contributed by atoms with E-state index < -0.39 is 46.9 Å². The molecule has 3 rings (SSSR count). The van der Waals surface area contributed by atoms with Crippen molar-refractivity contribution in [3.05, 3.63) is 52.8 Å². The quantitative estimate of drug-likeness (QED) is 0.402. The van der Waals surface area contributed by atoms with Crippen LogP contribution in [0.5, 0.6) is 11.5 Å². The molecular weight excluding hydrogens is 464 g/mol. The molecule has 2 N–H and O–H groups in total. The second kappa shape index (κ2) is 9.11.